The maximum Gasteiger partial charge on any atom is 0.246 e. The summed E-state index contributed by atoms with van der Waals surface area (Å²) in [6.45, 7) is 1.28. The van der Waals surface area contributed by atoms with Crippen molar-refractivity contribution in [3.63, 3.8) is 0 Å². The Bertz CT molecular complexity index is 944. The first-order valence-corrected chi connectivity index (χ1v) is 7.98. The molecule has 1 unspecified atom stereocenters. The van der Waals surface area contributed by atoms with Gasteiger partial charge in [0.25, 0.3) is 0 Å². The molecule has 0 bridgehead atoms. The third-order valence-corrected chi connectivity index (χ3v) is 4.34. The molecule has 0 saturated carbocycles. The van der Waals surface area contributed by atoms with E-state index in [9.17, 15) is 14.4 Å². The molecule has 2 heterocycles. The number of hydrogen-bond acceptors (Lipinski definition) is 5. The van der Waals surface area contributed by atoms with Gasteiger partial charge in [-0.2, -0.15) is 0 Å². The van der Waals surface area contributed by atoms with Gasteiger partial charge in [-0.05, 0) is 6.07 Å². The second kappa shape index (κ2) is 6.25. The largest absolute Gasteiger partial charge is 0.368 e. The second-order valence-electron chi connectivity index (χ2n) is 5.19. The van der Waals surface area contributed by atoms with Crippen molar-refractivity contribution in [2.24, 2.45) is 5.73 Å². The molecule has 0 spiro atoms. The normalized spacial score (nSPS) is 12.0. The van der Waals surface area contributed by atoms with Crippen molar-refractivity contribution < 1.29 is 14.4 Å². The van der Waals surface area contributed by atoms with Gasteiger partial charge in [0.2, 0.25) is 17.6 Å². The van der Waals surface area contributed by atoms with Gasteiger partial charge in [-0.3, -0.25) is 14.4 Å². The number of ketones is 1. The maximum absolute atomic E-state index is 12.7. The zero-order valence-corrected chi connectivity index (χ0v) is 13.5. The summed E-state index contributed by atoms with van der Waals surface area (Å²) in [5.41, 5.74) is 6.90. The van der Waals surface area contributed by atoms with Crippen molar-refractivity contribution in [1.29, 1.82) is 0 Å². The Hall–Kier alpha value is -3.00. The summed E-state index contributed by atoms with van der Waals surface area (Å²) in [4.78, 5) is 42.6. The van der Waals surface area contributed by atoms with Crippen molar-refractivity contribution in [3.8, 4) is 0 Å². The number of fused-ring (bicyclic) bond motifs is 1. The van der Waals surface area contributed by atoms with Gasteiger partial charge >= 0.3 is 0 Å². The van der Waals surface area contributed by atoms with Gasteiger partial charge in [0.1, 0.15) is 0 Å². The third-order valence-electron chi connectivity index (χ3n) is 3.48. The van der Waals surface area contributed by atoms with E-state index < -0.39 is 17.9 Å². The zero-order chi connectivity index (χ0) is 17.3. The van der Waals surface area contributed by atoms with Crippen molar-refractivity contribution in [2.45, 2.75) is 13.0 Å². The lowest BCUT2D eigenvalue weighted by molar-refractivity contribution is -0.126. The number of hydrogen-bond donors (Lipinski definition) is 3. The Labute approximate surface area is 140 Å². The minimum Gasteiger partial charge on any atom is -0.368 e. The van der Waals surface area contributed by atoms with E-state index in [1.54, 1.807) is 11.6 Å². The van der Waals surface area contributed by atoms with Crippen LogP contribution < -0.4 is 11.1 Å². The fraction of sp³-hybridized carbons (Fsp3) is 0.125. The first-order valence-electron chi connectivity index (χ1n) is 7.10. The van der Waals surface area contributed by atoms with Crippen molar-refractivity contribution in [2.75, 3.05) is 0 Å². The minimum absolute atomic E-state index is 0.228. The van der Waals surface area contributed by atoms with Gasteiger partial charge in [0, 0.05) is 29.4 Å². The topological polar surface area (TPSA) is 118 Å². The molecule has 0 radical (unpaired) electrons. The number of thiazole rings is 1. The van der Waals surface area contributed by atoms with Crippen LogP contribution in [-0.2, 0) is 9.59 Å². The number of aromatic amines is 1. The van der Waals surface area contributed by atoms with E-state index >= 15 is 0 Å². The summed E-state index contributed by atoms with van der Waals surface area (Å²) in [7, 11) is 0. The van der Waals surface area contributed by atoms with Crippen LogP contribution in [0.1, 0.15) is 34.0 Å². The number of nitrogens with two attached hydrogens (primary N) is 1. The van der Waals surface area contributed by atoms with E-state index in [1.807, 2.05) is 24.3 Å². The maximum atomic E-state index is 12.7. The number of para-hydroxylation sites is 1. The van der Waals surface area contributed by atoms with Crippen LogP contribution in [0.2, 0.25) is 0 Å². The number of benzene rings is 1. The van der Waals surface area contributed by atoms with Gasteiger partial charge in [-0.15, -0.1) is 11.3 Å². The molecule has 0 aliphatic rings. The van der Waals surface area contributed by atoms with Crippen LogP contribution in [0.4, 0.5) is 0 Å². The summed E-state index contributed by atoms with van der Waals surface area (Å²) in [6.07, 6.45) is 1.63. The molecule has 0 aliphatic carbocycles. The number of aromatic nitrogens is 2. The monoisotopic (exact) mass is 342 g/mol. The van der Waals surface area contributed by atoms with E-state index in [-0.39, 0.29) is 16.5 Å². The van der Waals surface area contributed by atoms with Crippen LogP contribution in [-0.4, -0.2) is 27.6 Å². The Morgan fingerprint density at radius 3 is 2.75 bits per heavy atom. The molecule has 1 atom stereocenters. The van der Waals surface area contributed by atoms with Gasteiger partial charge in [-0.25, -0.2) is 4.98 Å². The summed E-state index contributed by atoms with van der Waals surface area (Å²) < 4.78 is 0. The SMILES string of the molecule is CC(=O)NC(C(N)=O)c1csc(C(=O)c2c[nH]c3ccccc23)n1. The predicted octanol–water partition coefficient (Wildman–Crippen LogP) is 1.52. The number of rotatable bonds is 5. The molecule has 0 saturated heterocycles. The van der Waals surface area contributed by atoms with Crippen LogP contribution in [0.25, 0.3) is 10.9 Å². The van der Waals surface area contributed by atoms with Crippen molar-refractivity contribution in [1.82, 2.24) is 15.3 Å². The number of carbonyl (C=O) groups excluding carboxylic acids is 3. The lowest BCUT2D eigenvalue weighted by Crippen LogP contribution is -2.36. The molecule has 0 aliphatic heterocycles. The molecular weight excluding hydrogens is 328 g/mol. The van der Waals surface area contributed by atoms with Crippen LogP contribution in [0.15, 0.2) is 35.8 Å². The molecule has 7 nitrogen and oxygen atoms in total. The molecular formula is C16H14N4O3S. The predicted molar refractivity (Wildman–Crippen MR) is 89.6 cm³/mol. The lowest BCUT2D eigenvalue weighted by atomic mass is 10.1. The third kappa shape index (κ3) is 2.91. The molecule has 2 aromatic heterocycles. The first-order chi connectivity index (χ1) is 11.5. The molecule has 24 heavy (non-hydrogen) atoms. The molecule has 4 N–H and O–H groups in total. The van der Waals surface area contributed by atoms with E-state index in [0.29, 0.717) is 5.56 Å². The number of H-pyrrole nitrogens is 1. The van der Waals surface area contributed by atoms with Crippen LogP contribution in [0, 0.1) is 0 Å². The van der Waals surface area contributed by atoms with Crippen molar-refractivity contribution in [3.05, 3.63) is 52.1 Å². The average Bonchev–Trinajstić information content (AvgIpc) is 3.18. The second-order valence-corrected chi connectivity index (χ2v) is 6.05. The Morgan fingerprint density at radius 2 is 2.04 bits per heavy atom. The molecule has 122 valence electrons. The Balaban J connectivity index is 1.93. The van der Waals surface area contributed by atoms with E-state index in [2.05, 4.69) is 15.3 Å². The first kappa shape index (κ1) is 15.9. The average molecular weight is 342 g/mol. The lowest BCUT2D eigenvalue weighted by Gasteiger charge is -2.11. The van der Waals surface area contributed by atoms with Crippen LogP contribution in [0.3, 0.4) is 0 Å². The molecule has 8 heteroatoms. The van der Waals surface area contributed by atoms with E-state index in [4.69, 9.17) is 5.73 Å². The number of nitrogens with zero attached hydrogens (tertiary/aromatic N) is 1. The molecule has 1 aromatic carbocycles. The van der Waals surface area contributed by atoms with Crippen LogP contribution >= 0.6 is 11.3 Å². The molecule has 3 rings (SSSR count). The minimum atomic E-state index is -1.05. The van der Waals surface area contributed by atoms with Gasteiger partial charge in [0.05, 0.1) is 11.3 Å². The van der Waals surface area contributed by atoms with E-state index in [0.717, 1.165) is 22.2 Å². The summed E-state index contributed by atoms with van der Waals surface area (Å²) in [5.74, 6) is -1.40. The highest BCUT2D eigenvalue weighted by Crippen LogP contribution is 2.24. The highest BCUT2D eigenvalue weighted by molar-refractivity contribution is 7.12. The summed E-state index contributed by atoms with van der Waals surface area (Å²) in [5, 5.41) is 5.00. The number of carbonyl (C=O) groups is 3. The highest BCUT2D eigenvalue weighted by atomic mass is 32.1. The smallest absolute Gasteiger partial charge is 0.246 e. The van der Waals surface area contributed by atoms with Crippen molar-refractivity contribution >= 4 is 39.8 Å². The van der Waals surface area contributed by atoms with Gasteiger partial charge < -0.3 is 16.0 Å². The number of amides is 2. The molecule has 2 amide bonds. The highest BCUT2D eigenvalue weighted by Gasteiger charge is 2.24. The zero-order valence-electron chi connectivity index (χ0n) is 12.7. The Kier molecular flexibility index (Phi) is 4.13. The fourth-order valence-electron chi connectivity index (χ4n) is 2.39. The number of nitrogens with one attached hydrogen (secondary N) is 2. The van der Waals surface area contributed by atoms with Gasteiger partial charge in [0.15, 0.2) is 11.0 Å². The van der Waals surface area contributed by atoms with E-state index in [1.165, 1.54) is 6.92 Å². The molecule has 0 fully saturated rings. The molecule has 3 aromatic rings. The Morgan fingerprint density at radius 1 is 1.29 bits per heavy atom. The van der Waals surface area contributed by atoms with Gasteiger partial charge in [-0.1, -0.05) is 18.2 Å². The fourth-order valence-corrected chi connectivity index (χ4v) is 3.19. The summed E-state index contributed by atoms with van der Waals surface area (Å²) >= 11 is 1.10. The van der Waals surface area contributed by atoms with Crippen LogP contribution in [0.5, 0.6) is 0 Å². The number of primary amides is 1. The quantitative estimate of drug-likeness (QED) is 0.609. The summed E-state index contributed by atoms with van der Waals surface area (Å²) in [6, 6.07) is 6.39. The standard InChI is InChI=1S/C16H14N4O3S/c1-8(21)19-13(15(17)23)12-7-24-16(20-12)14(22)10-6-18-11-5-3-2-4-9(10)11/h2-7,13,18H,1H3,(H2,17,23)(H,19,21).